The summed E-state index contributed by atoms with van der Waals surface area (Å²) in [6, 6.07) is 3.61. The van der Waals surface area contributed by atoms with Gasteiger partial charge < -0.3 is 10.2 Å². The number of benzene rings is 2. The molecule has 82 valence electrons. The van der Waals surface area contributed by atoms with Gasteiger partial charge in [-0.1, -0.05) is 0 Å². The van der Waals surface area contributed by atoms with Crippen LogP contribution in [-0.2, 0) is 0 Å². The lowest BCUT2D eigenvalue weighted by Gasteiger charge is -2.05. The van der Waals surface area contributed by atoms with Crippen molar-refractivity contribution in [3.8, 4) is 5.75 Å². The minimum Gasteiger partial charge on any atom is -0.507 e. The average Bonchev–Trinajstić information content (AvgIpc) is 2.22. The summed E-state index contributed by atoms with van der Waals surface area (Å²) in [5, 5.41) is 17.6. The molecule has 0 fully saturated rings. The Morgan fingerprint density at radius 2 is 1.75 bits per heavy atom. The van der Waals surface area contributed by atoms with E-state index < -0.39 is 23.4 Å². The number of rotatable bonds is 1. The van der Waals surface area contributed by atoms with Gasteiger partial charge in [-0.3, -0.25) is 0 Å². The highest BCUT2D eigenvalue weighted by molar-refractivity contribution is 5.97. The average molecular weight is 224 g/mol. The number of halogens is 2. The van der Waals surface area contributed by atoms with Crippen LogP contribution in [-0.4, -0.2) is 16.2 Å². The van der Waals surface area contributed by atoms with E-state index in [1.165, 1.54) is 0 Å². The standard InChI is InChI=1S/C11H6F2O3/c12-7-1-2-8(13)10-6(7)3-5(11(15)16)4-9(10)14/h1-4,14H,(H,15,16). The van der Waals surface area contributed by atoms with Crippen molar-refractivity contribution >= 4 is 16.7 Å². The summed E-state index contributed by atoms with van der Waals surface area (Å²) < 4.78 is 26.6. The van der Waals surface area contributed by atoms with E-state index in [4.69, 9.17) is 5.11 Å². The third-order valence-electron chi connectivity index (χ3n) is 2.24. The first kappa shape index (κ1) is 10.4. The zero-order chi connectivity index (χ0) is 11.9. The molecular formula is C11H6F2O3. The van der Waals surface area contributed by atoms with Crippen LogP contribution in [0, 0.1) is 11.6 Å². The highest BCUT2D eigenvalue weighted by Crippen LogP contribution is 2.30. The van der Waals surface area contributed by atoms with Crippen molar-refractivity contribution in [1.29, 1.82) is 0 Å². The first-order valence-electron chi connectivity index (χ1n) is 4.34. The molecule has 5 heteroatoms. The number of hydrogen-bond donors (Lipinski definition) is 2. The lowest BCUT2D eigenvalue weighted by Crippen LogP contribution is -1.97. The zero-order valence-corrected chi connectivity index (χ0v) is 7.87. The molecule has 0 aliphatic carbocycles. The highest BCUT2D eigenvalue weighted by Gasteiger charge is 2.14. The summed E-state index contributed by atoms with van der Waals surface area (Å²) in [5.41, 5.74) is -0.297. The van der Waals surface area contributed by atoms with E-state index in [0.717, 1.165) is 24.3 Å². The van der Waals surface area contributed by atoms with E-state index >= 15 is 0 Å². The van der Waals surface area contributed by atoms with Gasteiger partial charge in [-0.25, -0.2) is 13.6 Å². The third-order valence-corrected chi connectivity index (χ3v) is 2.24. The monoisotopic (exact) mass is 224 g/mol. The van der Waals surface area contributed by atoms with Crippen LogP contribution in [0.25, 0.3) is 10.8 Å². The van der Waals surface area contributed by atoms with Gasteiger partial charge in [0.2, 0.25) is 0 Å². The molecule has 2 rings (SSSR count). The van der Waals surface area contributed by atoms with Gasteiger partial charge in [0, 0.05) is 5.39 Å². The number of phenols is 1. The van der Waals surface area contributed by atoms with E-state index in [2.05, 4.69) is 0 Å². The molecule has 2 aromatic carbocycles. The maximum absolute atomic E-state index is 13.3. The normalized spacial score (nSPS) is 10.6. The molecule has 16 heavy (non-hydrogen) atoms. The molecule has 0 unspecified atom stereocenters. The predicted octanol–water partition coefficient (Wildman–Crippen LogP) is 2.52. The van der Waals surface area contributed by atoms with E-state index in [9.17, 15) is 18.7 Å². The van der Waals surface area contributed by atoms with Gasteiger partial charge in [0.25, 0.3) is 0 Å². The minimum atomic E-state index is -1.32. The molecule has 0 spiro atoms. The number of fused-ring (bicyclic) bond motifs is 1. The Bertz CT molecular complexity index is 593. The molecule has 0 aliphatic rings. The van der Waals surface area contributed by atoms with Gasteiger partial charge in [0.15, 0.2) is 0 Å². The van der Waals surface area contributed by atoms with E-state index in [0.29, 0.717) is 0 Å². The van der Waals surface area contributed by atoms with Crippen molar-refractivity contribution in [3.05, 3.63) is 41.5 Å². The largest absolute Gasteiger partial charge is 0.507 e. The van der Waals surface area contributed by atoms with Gasteiger partial charge >= 0.3 is 5.97 Å². The molecule has 2 aromatic rings. The molecule has 0 radical (unpaired) electrons. The Labute approximate surface area is 88.6 Å². The Morgan fingerprint density at radius 1 is 1.12 bits per heavy atom. The second-order valence-electron chi connectivity index (χ2n) is 3.25. The predicted molar refractivity (Wildman–Crippen MR) is 52.5 cm³/mol. The second kappa shape index (κ2) is 3.44. The molecule has 0 bridgehead atoms. The summed E-state index contributed by atoms with van der Waals surface area (Å²) in [4.78, 5) is 10.7. The van der Waals surface area contributed by atoms with E-state index in [1.807, 2.05) is 0 Å². The zero-order valence-electron chi connectivity index (χ0n) is 7.87. The number of carboxylic acid groups (broad SMARTS) is 1. The van der Waals surface area contributed by atoms with Gasteiger partial charge in [-0.2, -0.15) is 0 Å². The van der Waals surface area contributed by atoms with E-state index in [-0.39, 0.29) is 16.3 Å². The Morgan fingerprint density at radius 3 is 2.38 bits per heavy atom. The topological polar surface area (TPSA) is 57.5 Å². The molecule has 0 saturated heterocycles. The Kier molecular flexibility index (Phi) is 2.23. The lowest BCUT2D eigenvalue weighted by atomic mass is 10.0. The number of aromatic carboxylic acids is 1. The first-order valence-corrected chi connectivity index (χ1v) is 4.34. The first-order chi connectivity index (χ1) is 7.50. The van der Waals surface area contributed by atoms with Crippen LogP contribution in [0.3, 0.4) is 0 Å². The number of phenolic OH excluding ortho intramolecular Hbond substituents is 1. The van der Waals surface area contributed by atoms with Crippen molar-refractivity contribution in [2.45, 2.75) is 0 Å². The molecule has 2 N–H and O–H groups in total. The number of aromatic hydroxyl groups is 1. The SMILES string of the molecule is O=C(O)c1cc(O)c2c(F)ccc(F)c2c1. The van der Waals surface area contributed by atoms with Crippen molar-refractivity contribution in [1.82, 2.24) is 0 Å². The quantitative estimate of drug-likeness (QED) is 0.782. The molecule has 3 nitrogen and oxygen atoms in total. The van der Waals surface area contributed by atoms with Crippen LogP contribution < -0.4 is 0 Å². The molecule has 0 amide bonds. The molecule has 0 saturated carbocycles. The summed E-state index contributed by atoms with van der Waals surface area (Å²) >= 11 is 0. The molecule has 0 heterocycles. The Hall–Kier alpha value is -2.17. The van der Waals surface area contributed by atoms with Crippen LogP contribution in [0.4, 0.5) is 8.78 Å². The van der Waals surface area contributed by atoms with Crippen molar-refractivity contribution in [2.24, 2.45) is 0 Å². The fourth-order valence-electron chi connectivity index (χ4n) is 1.51. The maximum Gasteiger partial charge on any atom is 0.335 e. The van der Waals surface area contributed by atoms with Crippen molar-refractivity contribution in [3.63, 3.8) is 0 Å². The summed E-state index contributed by atoms with van der Waals surface area (Å²) in [5.74, 6) is -3.49. The third kappa shape index (κ3) is 1.46. The minimum absolute atomic E-state index is 0.252. The number of hydrogen-bond acceptors (Lipinski definition) is 2. The van der Waals surface area contributed by atoms with Crippen LogP contribution in [0.15, 0.2) is 24.3 Å². The lowest BCUT2D eigenvalue weighted by molar-refractivity contribution is 0.0696. The number of carboxylic acids is 1. The van der Waals surface area contributed by atoms with Crippen LogP contribution in [0.1, 0.15) is 10.4 Å². The smallest absolute Gasteiger partial charge is 0.335 e. The fraction of sp³-hybridized carbons (Fsp3) is 0. The second-order valence-corrected chi connectivity index (χ2v) is 3.25. The van der Waals surface area contributed by atoms with Gasteiger partial charge in [-0.15, -0.1) is 0 Å². The summed E-state index contributed by atoms with van der Waals surface area (Å²) in [6.45, 7) is 0. The summed E-state index contributed by atoms with van der Waals surface area (Å²) in [6.07, 6.45) is 0. The highest BCUT2D eigenvalue weighted by atomic mass is 19.1. The van der Waals surface area contributed by atoms with Crippen molar-refractivity contribution < 1.29 is 23.8 Å². The van der Waals surface area contributed by atoms with Crippen LogP contribution >= 0.6 is 0 Å². The summed E-state index contributed by atoms with van der Waals surface area (Å²) in [7, 11) is 0. The molecular weight excluding hydrogens is 218 g/mol. The molecule has 0 atom stereocenters. The van der Waals surface area contributed by atoms with E-state index in [1.54, 1.807) is 0 Å². The maximum atomic E-state index is 13.3. The van der Waals surface area contributed by atoms with Gasteiger partial charge in [-0.05, 0) is 24.3 Å². The molecule has 0 aromatic heterocycles. The van der Waals surface area contributed by atoms with Gasteiger partial charge in [0.05, 0.1) is 10.9 Å². The molecule has 0 aliphatic heterocycles. The number of carbonyl (C=O) groups is 1. The van der Waals surface area contributed by atoms with Gasteiger partial charge in [0.1, 0.15) is 17.4 Å². The van der Waals surface area contributed by atoms with Crippen LogP contribution in [0.5, 0.6) is 5.75 Å². The Balaban J connectivity index is 2.92. The fourth-order valence-corrected chi connectivity index (χ4v) is 1.51. The van der Waals surface area contributed by atoms with Crippen molar-refractivity contribution in [2.75, 3.05) is 0 Å². The van der Waals surface area contributed by atoms with Crippen LogP contribution in [0.2, 0.25) is 0 Å².